The van der Waals surface area contributed by atoms with Crippen molar-refractivity contribution in [3.8, 4) is 0 Å². The van der Waals surface area contributed by atoms with Gasteiger partial charge >= 0.3 is 0 Å². The maximum absolute atomic E-state index is 14.0. The molecule has 0 amide bonds. The van der Waals surface area contributed by atoms with Gasteiger partial charge in [0.1, 0.15) is 11.6 Å². The average molecular weight is 282 g/mol. The fourth-order valence-corrected chi connectivity index (χ4v) is 2.11. The van der Waals surface area contributed by atoms with Gasteiger partial charge in [0.05, 0.1) is 6.04 Å². The number of halogens is 3. The molecule has 1 atom stereocenters. The summed E-state index contributed by atoms with van der Waals surface area (Å²) in [5.74, 6) is -1.23. The molecule has 2 aromatic rings. The molecule has 4 heteroatoms. The molecule has 0 bridgehead atoms. The molecule has 0 radical (unpaired) electrons. The van der Waals surface area contributed by atoms with Crippen LogP contribution in [0.3, 0.4) is 0 Å². The molecule has 100 valence electrons. The molecule has 2 aromatic carbocycles. The Hall–Kier alpha value is -1.45. The molecule has 0 fully saturated rings. The lowest BCUT2D eigenvalue weighted by atomic mass is 9.96. The van der Waals surface area contributed by atoms with Crippen molar-refractivity contribution in [2.24, 2.45) is 5.73 Å². The third-order valence-corrected chi connectivity index (χ3v) is 3.60. The Balaban J connectivity index is 2.52. The lowest BCUT2D eigenvalue weighted by Crippen LogP contribution is -2.16. The highest BCUT2D eigenvalue weighted by molar-refractivity contribution is 6.31. The van der Waals surface area contributed by atoms with Gasteiger partial charge < -0.3 is 5.73 Å². The van der Waals surface area contributed by atoms with E-state index in [0.717, 1.165) is 5.56 Å². The smallest absolute Gasteiger partial charge is 0.134 e. The number of nitrogens with two attached hydrogens (primary N) is 1. The van der Waals surface area contributed by atoms with Crippen molar-refractivity contribution in [1.82, 2.24) is 0 Å². The van der Waals surface area contributed by atoms with Crippen molar-refractivity contribution < 1.29 is 8.78 Å². The molecule has 2 rings (SSSR count). The molecule has 0 aromatic heterocycles. The Morgan fingerprint density at radius 2 is 1.74 bits per heavy atom. The fourth-order valence-electron chi connectivity index (χ4n) is 1.99. The first kappa shape index (κ1) is 14.0. The first-order valence-corrected chi connectivity index (χ1v) is 6.25. The molecule has 0 spiro atoms. The van der Waals surface area contributed by atoms with E-state index in [-0.39, 0.29) is 5.56 Å². The standard InChI is InChI=1S/C15H14ClF2N/c1-8-3-6-12(17)13(14(8)18)15(19)10-4-5-11(16)9(2)7-10/h3-7,15H,19H2,1-2H3. The summed E-state index contributed by atoms with van der Waals surface area (Å²) in [5.41, 5.74) is 7.70. The van der Waals surface area contributed by atoms with Crippen LogP contribution in [-0.2, 0) is 0 Å². The van der Waals surface area contributed by atoms with Gasteiger partial charge in [-0.2, -0.15) is 0 Å². The predicted octanol–water partition coefficient (Wildman–Crippen LogP) is 4.28. The minimum Gasteiger partial charge on any atom is -0.320 e. The SMILES string of the molecule is Cc1cc(C(N)c2c(F)ccc(C)c2F)ccc1Cl. The van der Waals surface area contributed by atoms with E-state index >= 15 is 0 Å². The first-order valence-electron chi connectivity index (χ1n) is 5.88. The topological polar surface area (TPSA) is 26.0 Å². The van der Waals surface area contributed by atoms with Crippen LogP contribution in [0.25, 0.3) is 0 Å². The molecule has 1 nitrogen and oxygen atoms in total. The molecular formula is C15H14ClF2N. The van der Waals surface area contributed by atoms with Crippen molar-refractivity contribution in [2.75, 3.05) is 0 Å². The van der Waals surface area contributed by atoms with E-state index in [1.165, 1.54) is 12.1 Å². The number of rotatable bonds is 2. The van der Waals surface area contributed by atoms with Gasteiger partial charge in [-0.25, -0.2) is 8.78 Å². The maximum Gasteiger partial charge on any atom is 0.134 e. The second kappa shape index (κ2) is 5.27. The zero-order chi connectivity index (χ0) is 14.2. The van der Waals surface area contributed by atoms with Crippen molar-refractivity contribution in [1.29, 1.82) is 0 Å². The number of aryl methyl sites for hydroxylation is 2. The molecule has 0 aliphatic carbocycles. The lowest BCUT2D eigenvalue weighted by molar-refractivity contribution is 0.538. The molecule has 2 N–H and O–H groups in total. The van der Waals surface area contributed by atoms with E-state index in [1.54, 1.807) is 25.1 Å². The summed E-state index contributed by atoms with van der Waals surface area (Å²) in [6, 6.07) is 6.88. The summed E-state index contributed by atoms with van der Waals surface area (Å²) < 4.78 is 27.8. The van der Waals surface area contributed by atoms with E-state index in [2.05, 4.69) is 0 Å². The number of benzene rings is 2. The molecule has 0 aliphatic rings. The van der Waals surface area contributed by atoms with Gasteiger partial charge in [0, 0.05) is 10.6 Å². The van der Waals surface area contributed by atoms with Gasteiger partial charge in [-0.1, -0.05) is 29.8 Å². The first-order chi connectivity index (χ1) is 8.91. The molecule has 0 saturated heterocycles. The molecule has 19 heavy (non-hydrogen) atoms. The number of hydrogen-bond acceptors (Lipinski definition) is 1. The summed E-state index contributed by atoms with van der Waals surface area (Å²) in [7, 11) is 0. The second-order valence-corrected chi connectivity index (χ2v) is 4.99. The highest BCUT2D eigenvalue weighted by Gasteiger charge is 2.20. The quantitative estimate of drug-likeness (QED) is 0.873. The van der Waals surface area contributed by atoms with E-state index in [0.29, 0.717) is 16.1 Å². The zero-order valence-corrected chi connectivity index (χ0v) is 11.4. The molecule has 0 heterocycles. The van der Waals surface area contributed by atoms with Crippen LogP contribution in [0.15, 0.2) is 30.3 Å². The summed E-state index contributed by atoms with van der Waals surface area (Å²) in [4.78, 5) is 0. The number of hydrogen-bond donors (Lipinski definition) is 1. The fraction of sp³-hybridized carbons (Fsp3) is 0.200. The van der Waals surface area contributed by atoms with Crippen LogP contribution in [0, 0.1) is 25.5 Å². The summed E-state index contributed by atoms with van der Waals surface area (Å²) in [6.45, 7) is 3.40. The Kier molecular flexibility index (Phi) is 3.88. The molecular weight excluding hydrogens is 268 g/mol. The Labute approximate surface area is 116 Å². The van der Waals surface area contributed by atoms with Gasteiger partial charge in [-0.15, -0.1) is 0 Å². The van der Waals surface area contributed by atoms with E-state index < -0.39 is 17.7 Å². The van der Waals surface area contributed by atoms with Crippen molar-refractivity contribution in [2.45, 2.75) is 19.9 Å². The Morgan fingerprint density at radius 3 is 2.37 bits per heavy atom. The van der Waals surface area contributed by atoms with E-state index in [4.69, 9.17) is 17.3 Å². The van der Waals surface area contributed by atoms with Crippen LogP contribution < -0.4 is 5.73 Å². The van der Waals surface area contributed by atoms with Crippen LogP contribution in [0.2, 0.25) is 5.02 Å². The van der Waals surface area contributed by atoms with Crippen LogP contribution >= 0.6 is 11.6 Å². The van der Waals surface area contributed by atoms with E-state index in [9.17, 15) is 8.78 Å². The summed E-state index contributed by atoms with van der Waals surface area (Å²) >= 11 is 5.93. The maximum atomic E-state index is 14.0. The lowest BCUT2D eigenvalue weighted by Gasteiger charge is -2.16. The van der Waals surface area contributed by atoms with Gasteiger partial charge in [0.2, 0.25) is 0 Å². The van der Waals surface area contributed by atoms with E-state index in [1.807, 2.05) is 6.92 Å². The normalized spacial score (nSPS) is 12.5. The second-order valence-electron chi connectivity index (χ2n) is 4.58. The average Bonchev–Trinajstić information content (AvgIpc) is 2.37. The third kappa shape index (κ3) is 2.62. The molecule has 0 aliphatic heterocycles. The predicted molar refractivity (Wildman–Crippen MR) is 73.3 cm³/mol. The Morgan fingerprint density at radius 1 is 1.05 bits per heavy atom. The minimum absolute atomic E-state index is 0.110. The van der Waals surface area contributed by atoms with Crippen LogP contribution in [-0.4, -0.2) is 0 Å². The monoisotopic (exact) mass is 281 g/mol. The van der Waals surface area contributed by atoms with Crippen molar-refractivity contribution in [3.05, 3.63) is 69.2 Å². The highest BCUT2D eigenvalue weighted by atomic mass is 35.5. The summed E-state index contributed by atoms with van der Waals surface area (Å²) in [5, 5.41) is 0.598. The van der Waals surface area contributed by atoms with Gasteiger partial charge in [-0.3, -0.25) is 0 Å². The van der Waals surface area contributed by atoms with Crippen LogP contribution in [0.4, 0.5) is 8.78 Å². The zero-order valence-electron chi connectivity index (χ0n) is 10.7. The van der Waals surface area contributed by atoms with Crippen molar-refractivity contribution >= 4 is 11.6 Å². The largest absolute Gasteiger partial charge is 0.320 e. The third-order valence-electron chi connectivity index (χ3n) is 3.17. The van der Waals surface area contributed by atoms with Gasteiger partial charge in [0.25, 0.3) is 0 Å². The highest BCUT2D eigenvalue weighted by Crippen LogP contribution is 2.28. The van der Waals surface area contributed by atoms with Gasteiger partial charge in [-0.05, 0) is 42.7 Å². The van der Waals surface area contributed by atoms with Crippen LogP contribution in [0.1, 0.15) is 28.3 Å². The summed E-state index contributed by atoms with van der Waals surface area (Å²) in [6.07, 6.45) is 0. The van der Waals surface area contributed by atoms with Crippen molar-refractivity contribution in [3.63, 3.8) is 0 Å². The Bertz CT molecular complexity index is 626. The molecule has 1 unspecified atom stereocenters. The van der Waals surface area contributed by atoms with Crippen LogP contribution in [0.5, 0.6) is 0 Å². The minimum atomic E-state index is -0.851. The van der Waals surface area contributed by atoms with Gasteiger partial charge in [0.15, 0.2) is 0 Å². The molecule has 0 saturated carbocycles.